The van der Waals surface area contributed by atoms with Gasteiger partial charge in [0.1, 0.15) is 5.92 Å². The summed E-state index contributed by atoms with van der Waals surface area (Å²) in [6.45, 7) is 3.72. The number of allylic oxidation sites excluding steroid dienone is 1. The van der Waals surface area contributed by atoms with E-state index >= 15 is 0 Å². The summed E-state index contributed by atoms with van der Waals surface area (Å²) in [6.07, 6.45) is 3.57. The maximum Gasteiger partial charge on any atom is 0.336 e. The van der Waals surface area contributed by atoms with Crippen LogP contribution in [0, 0.1) is 5.92 Å². The van der Waals surface area contributed by atoms with E-state index in [1.54, 1.807) is 25.6 Å². The Morgan fingerprint density at radius 2 is 1.92 bits per heavy atom. The zero-order valence-electron chi connectivity index (χ0n) is 21.0. The van der Waals surface area contributed by atoms with Gasteiger partial charge in [0.25, 0.3) is 0 Å². The lowest BCUT2D eigenvalue weighted by molar-refractivity contribution is -0.144. The predicted molar refractivity (Wildman–Crippen MR) is 141 cm³/mol. The minimum Gasteiger partial charge on any atom is -0.468 e. The quantitative estimate of drug-likeness (QED) is 0.265. The second-order valence-electron chi connectivity index (χ2n) is 8.38. The number of esters is 2. The number of benzene rings is 2. The van der Waals surface area contributed by atoms with Crippen LogP contribution in [0.4, 0.5) is 0 Å². The van der Waals surface area contributed by atoms with E-state index in [2.05, 4.69) is 5.32 Å². The highest BCUT2D eigenvalue weighted by Gasteiger charge is 2.43. The lowest BCUT2D eigenvalue weighted by Crippen LogP contribution is -2.36. The van der Waals surface area contributed by atoms with Crippen LogP contribution in [-0.2, 0) is 23.9 Å². The molecule has 1 aliphatic heterocycles. The van der Waals surface area contributed by atoms with Gasteiger partial charge in [-0.3, -0.25) is 14.6 Å². The summed E-state index contributed by atoms with van der Waals surface area (Å²) in [6, 6.07) is 17.2. The van der Waals surface area contributed by atoms with Crippen molar-refractivity contribution in [1.82, 2.24) is 5.32 Å². The first kappa shape index (κ1) is 27.2. The molecule has 0 bridgehead atoms. The average Bonchev–Trinajstić information content (AvgIpc) is 2.90. The number of methoxy groups -OCH3 is 1. The van der Waals surface area contributed by atoms with Gasteiger partial charge in [0.2, 0.25) is 6.41 Å². The molecule has 1 aliphatic rings. The van der Waals surface area contributed by atoms with Crippen LogP contribution in [-0.4, -0.2) is 44.0 Å². The Kier molecular flexibility index (Phi) is 9.87. The first-order valence-electron chi connectivity index (χ1n) is 11.9. The minimum absolute atomic E-state index is 0.193. The summed E-state index contributed by atoms with van der Waals surface area (Å²) < 4.78 is 10.6. The van der Waals surface area contributed by atoms with Crippen molar-refractivity contribution in [2.45, 2.75) is 43.5 Å². The normalized spacial score (nSPS) is 18.2. The summed E-state index contributed by atoms with van der Waals surface area (Å²) in [5.41, 5.74) is 3.26. The summed E-state index contributed by atoms with van der Waals surface area (Å²) in [4.78, 5) is 43.4. The number of hydrogen-bond acceptors (Lipinski definition) is 7. The Hall–Kier alpha value is -3.39. The molecule has 0 saturated heterocycles. The van der Waals surface area contributed by atoms with Crippen molar-refractivity contribution < 1.29 is 23.9 Å². The molecule has 8 heteroatoms. The molecule has 0 fully saturated rings. The van der Waals surface area contributed by atoms with Crippen molar-refractivity contribution in [3.8, 4) is 0 Å². The summed E-state index contributed by atoms with van der Waals surface area (Å²) in [7, 11) is 1.34. The van der Waals surface area contributed by atoms with Gasteiger partial charge < -0.3 is 14.8 Å². The Morgan fingerprint density at radius 3 is 2.56 bits per heavy atom. The molecular weight excluding hydrogens is 476 g/mol. The van der Waals surface area contributed by atoms with Gasteiger partial charge in [0.15, 0.2) is 0 Å². The van der Waals surface area contributed by atoms with Crippen molar-refractivity contribution in [3.05, 3.63) is 77.0 Å². The standard InChI is InChI=1S/C28H32N2O5S/c1-5-35-28(33)26-23(15-14-22(29-17-31)19-10-7-6-8-11-19)30-18(2)24(27(32)34-3)25(26)20-12-9-13-21(16-20)36-4/h6-13,16-17,22,24-25H,5,14-15H2,1-4H3,(H,29,31). The first-order valence-corrected chi connectivity index (χ1v) is 13.1. The summed E-state index contributed by atoms with van der Waals surface area (Å²) >= 11 is 1.58. The number of hydrogen-bond donors (Lipinski definition) is 1. The van der Waals surface area contributed by atoms with Gasteiger partial charge in [-0.05, 0) is 56.2 Å². The van der Waals surface area contributed by atoms with Crippen LogP contribution < -0.4 is 5.32 Å². The number of amides is 1. The molecule has 7 nitrogen and oxygen atoms in total. The third-order valence-electron chi connectivity index (χ3n) is 6.26. The fourth-order valence-corrected chi connectivity index (χ4v) is 5.07. The predicted octanol–water partition coefficient (Wildman–Crippen LogP) is 4.84. The number of aliphatic imine (C=N–C) groups is 1. The van der Waals surface area contributed by atoms with E-state index < -0.39 is 23.8 Å². The maximum atomic E-state index is 13.4. The van der Waals surface area contributed by atoms with Crippen molar-refractivity contribution in [1.29, 1.82) is 0 Å². The SMILES string of the molecule is CCOC(=O)C1=C(CCC(NC=O)c2ccccc2)N=C(C)C(C(=O)OC)C1c1cccc(SC)c1. The highest BCUT2D eigenvalue weighted by Crippen LogP contribution is 2.42. The van der Waals surface area contributed by atoms with E-state index in [9.17, 15) is 14.4 Å². The zero-order valence-corrected chi connectivity index (χ0v) is 21.8. The maximum absolute atomic E-state index is 13.4. The minimum atomic E-state index is -0.756. The van der Waals surface area contributed by atoms with Gasteiger partial charge >= 0.3 is 11.9 Å². The highest BCUT2D eigenvalue weighted by molar-refractivity contribution is 7.98. The van der Waals surface area contributed by atoms with Gasteiger partial charge in [-0.25, -0.2) is 4.79 Å². The van der Waals surface area contributed by atoms with Crippen LogP contribution >= 0.6 is 11.8 Å². The number of nitrogens with zero attached hydrogens (tertiary/aromatic N) is 1. The van der Waals surface area contributed by atoms with E-state index in [4.69, 9.17) is 14.5 Å². The number of carbonyl (C=O) groups is 3. The van der Waals surface area contributed by atoms with Gasteiger partial charge in [-0.1, -0.05) is 42.5 Å². The van der Waals surface area contributed by atoms with E-state index in [0.717, 1.165) is 16.0 Å². The monoisotopic (exact) mass is 508 g/mol. The van der Waals surface area contributed by atoms with Crippen LogP contribution in [0.2, 0.25) is 0 Å². The van der Waals surface area contributed by atoms with Gasteiger partial charge in [-0.15, -0.1) is 11.8 Å². The lowest BCUT2D eigenvalue weighted by atomic mass is 9.75. The van der Waals surface area contributed by atoms with Gasteiger partial charge in [0, 0.05) is 16.5 Å². The molecule has 1 N–H and O–H groups in total. The van der Waals surface area contributed by atoms with E-state index in [0.29, 0.717) is 36.2 Å². The number of nitrogens with one attached hydrogen (secondary N) is 1. The van der Waals surface area contributed by atoms with Crippen LogP contribution in [0.1, 0.15) is 49.8 Å². The number of ether oxygens (including phenoxy) is 2. The molecule has 3 rings (SSSR count). The van der Waals surface area contributed by atoms with Gasteiger partial charge in [-0.2, -0.15) is 0 Å². The molecule has 190 valence electrons. The third-order valence-corrected chi connectivity index (χ3v) is 6.99. The molecule has 3 unspecified atom stereocenters. The van der Waals surface area contributed by atoms with Crippen molar-refractivity contribution in [3.63, 3.8) is 0 Å². The van der Waals surface area contributed by atoms with Crippen LogP contribution in [0.15, 0.2) is 75.8 Å². The molecule has 1 heterocycles. The molecule has 0 aromatic heterocycles. The summed E-state index contributed by atoms with van der Waals surface area (Å²) in [5, 5.41) is 2.87. The van der Waals surface area contributed by atoms with Crippen LogP contribution in [0.5, 0.6) is 0 Å². The Labute approximate surface area is 216 Å². The smallest absolute Gasteiger partial charge is 0.336 e. The van der Waals surface area contributed by atoms with E-state index in [-0.39, 0.29) is 12.6 Å². The second kappa shape index (κ2) is 13.1. The van der Waals surface area contributed by atoms with Crippen LogP contribution in [0.3, 0.4) is 0 Å². The topological polar surface area (TPSA) is 94.1 Å². The zero-order chi connectivity index (χ0) is 26.1. The highest BCUT2D eigenvalue weighted by atomic mass is 32.2. The first-order chi connectivity index (χ1) is 17.4. The summed E-state index contributed by atoms with van der Waals surface area (Å²) in [5.74, 6) is -2.32. The molecule has 2 aromatic rings. The largest absolute Gasteiger partial charge is 0.468 e. The van der Waals surface area contributed by atoms with Crippen LogP contribution in [0.25, 0.3) is 0 Å². The fourth-order valence-electron chi connectivity index (χ4n) is 4.60. The average molecular weight is 509 g/mol. The van der Waals surface area contributed by atoms with E-state index in [1.165, 1.54) is 7.11 Å². The number of carbonyl (C=O) groups excluding carboxylic acids is 3. The molecular formula is C28H32N2O5S. The fraction of sp³-hybridized carbons (Fsp3) is 0.357. The second-order valence-corrected chi connectivity index (χ2v) is 9.26. The molecule has 3 atom stereocenters. The number of thioether (sulfide) groups is 1. The van der Waals surface area contributed by atoms with Crippen molar-refractivity contribution in [2.24, 2.45) is 10.9 Å². The van der Waals surface area contributed by atoms with Gasteiger partial charge in [0.05, 0.1) is 31.0 Å². The van der Waals surface area contributed by atoms with E-state index in [1.807, 2.05) is 60.9 Å². The Morgan fingerprint density at radius 1 is 1.17 bits per heavy atom. The lowest BCUT2D eigenvalue weighted by Gasteiger charge is -2.32. The third kappa shape index (κ3) is 6.23. The van der Waals surface area contributed by atoms with Crippen molar-refractivity contribution in [2.75, 3.05) is 20.0 Å². The molecule has 0 radical (unpaired) electrons. The van der Waals surface area contributed by atoms with Crippen molar-refractivity contribution >= 4 is 35.8 Å². The molecule has 36 heavy (non-hydrogen) atoms. The Bertz CT molecular complexity index is 1150. The Balaban J connectivity index is 2.11. The molecule has 0 aliphatic carbocycles. The molecule has 0 spiro atoms. The number of rotatable bonds is 11. The molecule has 2 aromatic carbocycles. The molecule has 0 saturated carbocycles. The molecule has 1 amide bonds.